The van der Waals surface area contributed by atoms with E-state index in [2.05, 4.69) is 0 Å². The molecule has 1 aliphatic heterocycles. The van der Waals surface area contributed by atoms with E-state index in [9.17, 15) is 22.8 Å². The molecule has 1 atom stereocenters. The van der Waals surface area contributed by atoms with Gasteiger partial charge in [-0.05, 0) is 30.5 Å². The number of amides is 1. The molecule has 3 nitrogen and oxygen atoms in total. The van der Waals surface area contributed by atoms with E-state index in [4.69, 9.17) is 0 Å². The Bertz CT molecular complexity index is 581. The van der Waals surface area contributed by atoms with Crippen molar-refractivity contribution in [3.63, 3.8) is 0 Å². The van der Waals surface area contributed by atoms with E-state index in [0.29, 0.717) is 6.54 Å². The quantitative estimate of drug-likeness (QED) is 0.795. The maximum absolute atomic E-state index is 12.7. The third-order valence-corrected chi connectivity index (χ3v) is 3.57. The van der Waals surface area contributed by atoms with Gasteiger partial charge >= 0.3 is 6.18 Å². The van der Waals surface area contributed by atoms with Crippen LogP contribution in [0.2, 0.25) is 0 Å². The predicted octanol–water partition coefficient (Wildman–Crippen LogP) is 3.67. The molecule has 0 spiro atoms. The SMILES string of the molecule is CCCC(C)CN1C(=O)C(=O)c2cc(C(F)(F)F)ccc21. The Morgan fingerprint density at radius 3 is 2.48 bits per heavy atom. The van der Waals surface area contributed by atoms with Crippen LogP contribution in [0.1, 0.15) is 42.6 Å². The number of halogens is 3. The standard InChI is InChI=1S/C15H16F3NO2/c1-3-4-9(2)8-19-12-6-5-10(15(16,17)18)7-11(12)13(20)14(19)21/h5-7,9H,3-4,8H2,1-2H3. The molecule has 0 radical (unpaired) electrons. The first-order chi connectivity index (χ1) is 9.75. The van der Waals surface area contributed by atoms with Crippen LogP contribution in [0.3, 0.4) is 0 Å². The number of rotatable bonds is 4. The van der Waals surface area contributed by atoms with Gasteiger partial charge in [-0.15, -0.1) is 0 Å². The van der Waals surface area contributed by atoms with Crippen molar-refractivity contribution in [1.29, 1.82) is 0 Å². The van der Waals surface area contributed by atoms with Gasteiger partial charge in [-0.2, -0.15) is 13.2 Å². The van der Waals surface area contributed by atoms with Gasteiger partial charge in [-0.3, -0.25) is 9.59 Å². The van der Waals surface area contributed by atoms with Crippen LogP contribution in [0.15, 0.2) is 18.2 Å². The highest BCUT2D eigenvalue weighted by Gasteiger charge is 2.39. The summed E-state index contributed by atoms with van der Waals surface area (Å²) in [5, 5.41) is 0. The highest BCUT2D eigenvalue weighted by atomic mass is 19.4. The van der Waals surface area contributed by atoms with Crippen LogP contribution >= 0.6 is 0 Å². The third-order valence-electron chi connectivity index (χ3n) is 3.57. The zero-order valence-electron chi connectivity index (χ0n) is 11.8. The molecule has 21 heavy (non-hydrogen) atoms. The fourth-order valence-corrected chi connectivity index (χ4v) is 2.55. The van der Waals surface area contributed by atoms with Gasteiger partial charge < -0.3 is 4.90 Å². The number of hydrogen-bond acceptors (Lipinski definition) is 2. The van der Waals surface area contributed by atoms with Crippen molar-refractivity contribution in [2.45, 2.75) is 32.9 Å². The number of hydrogen-bond donors (Lipinski definition) is 0. The summed E-state index contributed by atoms with van der Waals surface area (Å²) in [6.45, 7) is 4.30. The first kappa shape index (κ1) is 15.5. The smallest absolute Gasteiger partial charge is 0.304 e. The molecule has 114 valence electrons. The summed E-state index contributed by atoms with van der Waals surface area (Å²) in [5.74, 6) is -1.42. The van der Waals surface area contributed by atoms with Crippen LogP contribution in [0.5, 0.6) is 0 Å². The number of ketones is 1. The summed E-state index contributed by atoms with van der Waals surface area (Å²) in [5.41, 5.74) is -0.787. The lowest BCUT2D eigenvalue weighted by Crippen LogP contribution is -2.33. The number of Topliss-reactive ketones (excluding diaryl/α,β-unsaturated/α-hetero) is 1. The fourth-order valence-electron chi connectivity index (χ4n) is 2.55. The van der Waals surface area contributed by atoms with Gasteiger partial charge in [-0.25, -0.2) is 0 Å². The minimum absolute atomic E-state index is 0.154. The third kappa shape index (κ3) is 2.94. The molecule has 1 aromatic rings. The Labute approximate surface area is 120 Å². The van der Waals surface area contributed by atoms with Crippen LogP contribution in [0, 0.1) is 5.92 Å². The zero-order chi connectivity index (χ0) is 15.8. The second kappa shape index (κ2) is 5.50. The number of alkyl halides is 3. The second-order valence-corrected chi connectivity index (χ2v) is 5.37. The number of fused-ring (bicyclic) bond motifs is 1. The summed E-state index contributed by atoms with van der Waals surface area (Å²) in [7, 11) is 0. The average Bonchev–Trinajstić information content (AvgIpc) is 2.63. The molecular weight excluding hydrogens is 283 g/mol. The second-order valence-electron chi connectivity index (χ2n) is 5.37. The van der Waals surface area contributed by atoms with E-state index in [-0.39, 0.29) is 17.2 Å². The minimum atomic E-state index is -4.53. The molecule has 6 heteroatoms. The summed E-state index contributed by atoms with van der Waals surface area (Å²) in [6.07, 6.45) is -2.70. The normalized spacial score (nSPS) is 16.3. The van der Waals surface area contributed by atoms with Crippen LogP contribution in [0.4, 0.5) is 18.9 Å². The fraction of sp³-hybridized carbons (Fsp3) is 0.467. The molecule has 0 bridgehead atoms. The van der Waals surface area contributed by atoms with Gasteiger partial charge in [0.15, 0.2) is 0 Å². The minimum Gasteiger partial charge on any atom is -0.304 e. The van der Waals surface area contributed by atoms with E-state index in [1.807, 2.05) is 13.8 Å². The Hall–Kier alpha value is -1.85. The van der Waals surface area contributed by atoms with Crippen LogP contribution in [-0.4, -0.2) is 18.2 Å². The maximum atomic E-state index is 12.7. The van der Waals surface area contributed by atoms with Crippen LogP contribution in [-0.2, 0) is 11.0 Å². The highest BCUT2D eigenvalue weighted by Crippen LogP contribution is 2.36. The number of carbonyl (C=O) groups is 2. The van der Waals surface area contributed by atoms with Crippen molar-refractivity contribution in [1.82, 2.24) is 0 Å². The van der Waals surface area contributed by atoms with Gasteiger partial charge in [0.2, 0.25) is 0 Å². The first-order valence-electron chi connectivity index (χ1n) is 6.83. The Kier molecular flexibility index (Phi) is 4.07. The molecule has 0 aliphatic carbocycles. The lowest BCUT2D eigenvalue weighted by Gasteiger charge is -2.21. The lowest BCUT2D eigenvalue weighted by atomic mass is 10.1. The van der Waals surface area contributed by atoms with Crippen molar-refractivity contribution >= 4 is 17.4 Å². The van der Waals surface area contributed by atoms with Crippen LogP contribution in [0.25, 0.3) is 0 Å². The molecule has 0 aromatic heterocycles. The molecule has 1 heterocycles. The highest BCUT2D eigenvalue weighted by molar-refractivity contribution is 6.52. The van der Waals surface area contributed by atoms with Crippen LogP contribution < -0.4 is 4.90 Å². The zero-order valence-corrected chi connectivity index (χ0v) is 11.8. The number of benzene rings is 1. The summed E-state index contributed by atoms with van der Waals surface area (Å²) in [4.78, 5) is 25.1. The molecule has 0 saturated heterocycles. The number of anilines is 1. The van der Waals surface area contributed by atoms with Crippen molar-refractivity contribution in [3.05, 3.63) is 29.3 Å². The van der Waals surface area contributed by atoms with Gasteiger partial charge in [-0.1, -0.05) is 20.3 Å². The molecule has 1 aromatic carbocycles. The Balaban J connectivity index is 2.35. The van der Waals surface area contributed by atoms with Gasteiger partial charge in [0.1, 0.15) is 0 Å². The topological polar surface area (TPSA) is 37.4 Å². The largest absolute Gasteiger partial charge is 0.416 e. The molecule has 1 amide bonds. The Morgan fingerprint density at radius 2 is 1.90 bits per heavy atom. The van der Waals surface area contributed by atoms with E-state index in [1.165, 1.54) is 11.0 Å². The molecule has 0 N–H and O–H groups in total. The Morgan fingerprint density at radius 1 is 1.24 bits per heavy atom. The lowest BCUT2D eigenvalue weighted by molar-refractivity contribution is -0.137. The van der Waals surface area contributed by atoms with Crippen molar-refractivity contribution in [2.75, 3.05) is 11.4 Å². The molecule has 1 unspecified atom stereocenters. The molecular formula is C15H16F3NO2. The average molecular weight is 299 g/mol. The van der Waals surface area contributed by atoms with E-state index < -0.39 is 23.4 Å². The van der Waals surface area contributed by atoms with E-state index in [0.717, 1.165) is 25.0 Å². The van der Waals surface area contributed by atoms with Crippen molar-refractivity contribution in [2.24, 2.45) is 5.92 Å². The van der Waals surface area contributed by atoms with Gasteiger partial charge in [0.05, 0.1) is 16.8 Å². The van der Waals surface area contributed by atoms with Crippen molar-refractivity contribution in [3.8, 4) is 0 Å². The van der Waals surface area contributed by atoms with E-state index >= 15 is 0 Å². The number of carbonyl (C=O) groups excluding carboxylic acids is 2. The van der Waals surface area contributed by atoms with Gasteiger partial charge in [0, 0.05) is 6.54 Å². The molecule has 0 fully saturated rings. The van der Waals surface area contributed by atoms with Crippen molar-refractivity contribution < 1.29 is 22.8 Å². The monoisotopic (exact) mass is 299 g/mol. The predicted molar refractivity (Wildman–Crippen MR) is 72.2 cm³/mol. The summed E-state index contributed by atoms with van der Waals surface area (Å²) in [6, 6.07) is 2.88. The first-order valence-corrected chi connectivity index (χ1v) is 6.83. The molecule has 2 rings (SSSR count). The number of nitrogens with zero attached hydrogens (tertiary/aromatic N) is 1. The molecule has 0 saturated carbocycles. The van der Waals surface area contributed by atoms with E-state index in [1.54, 1.807) is 0 Å². The molecule has 1 aliphatic rings. The van der Waals surface area contributed by atoms with Gasteiger partial charge in [0.25, 0.3) is 11.7 Å². The maximum Gasteiger partial charge on any atom is 0.416 e. The summed E-state index contributed by atoms with van der Waals surface area (Å²) >= 11 is 0. The summed E-state index contributed by atoms with van der Waals surface area (Å²) < 4.78 is 38.0.